The second-order valence-corrected chi connectivity index (χ2v) is 11.0. The van der Waals surface area contributed by atoms with Crippen molar-refractivity contribution in [2.24, 2.45) is 0 Å². The first-order chi connectivity index (χ1) is 19.7. The van der Waals surface area contributed by atoms with E-state index in [4.69, 9.17) is 33.2 Å². The third kappa shape index (κ3) is 19.1. The van der Waals surface area contributed by atoms with Crippen LogP contribution < -0.4 is 0 Å². The zero-order chi connectivity index (χ0) is 31.0. The lowest BCUT2D eigenvalue weighted by Gasteiger charge is -2.27. The van der Waals surface area contributed by atoms with Crippen molar-refractivity contribution in [1.29, 1.82) is 0 Å². The van der Waals surface area contributed by atoms with Crippen molar-refractivity contribution >= 4 is 5.78 Å². The zero-order valence-electron chi connectivity index (χ0n) is 27.3. The van der Waals surface area contributed by atoms with Crippen molar-refractivity contribution < 1.29 is 43.1 Å². The molecule has 0 bridgehead atoms. The summed E-state index contributed by atoms with van der Waals surface area (Å²) in [4.78, 5) is 12.9. The van der Waals surface area contributed by atoms with Gasteiger partial charge in [0.15, 0.2) is 0 Å². The molecule has 0 aromatic heterocycles. The molecule has 41 heavy (non-hydrogen) atoms. The largest absolute Gasteiger partial charge is 0.393 e. The van der Waals surface area contributed by atoms with Gasteiger partial charge >= 0.3 is 0 Å². The Labute approximate surface area is 250 Å². The minimum Gasteiger partial charge on any atom is -0.393 e. The normalized spacial score (nSPS) is 17.8. The van der Waals surface area contributed by atoms with E-state index >= 15 is 0 Å². The number of Topliss-reactive ketones (excluding diaryl/α,β-unsaturated/α-hetero) is 1. The number of hydrogen-bond donors (Lipinski definition) is 1. The van der Waals surface area contributed by atoms with Crippen LogP contribution in [-0.4, -0.2) is 109 Å². The average molecular weight is 591 g/mol. The van der Waals surface area contributed by atoms with Gasteiger partial charge in [0.05, 0.1) is 48.8 Å². The molecule has 0 unspecified atom stereocenters. The summed E-state index contributed by atoms with van der Waals surface area (Å²) < 4.78 is 39.6. The molecule has 0 saturated carbocycles. The lowest BCUT2D eigenvalue weighted by Crippen LogP contribution is -2.31. The Balaban J connectivity index is 4.85. The maximum atomic E-state index is 12.9. The minimum absolute atomic E-state index is 0.00901. The fourth-order valence-corrected chi connectivity index (χ4v) is 5.30. The summed E-state index contributed by atoms with van der Waals surface area (Å²) in [6.45, 7) is 5.97. The highest BCUT2D eigenvalue weighted by atomic mass is 16.5. The molecule has 0 aromatic rings. The molecule has 9 nitrogen and oxygen atoms in total. The standard InChI is InChI=1S/C32H62O9/c1-10-12-13-15-27(36-4)20-31(40-8)23-32(41-9)22-29(38-6)18-25(34)16-24(33)17-28(37-5)21-30(39-7)19-26(35-3)14-11-2/h11,24,26-33H,2,10,12-23H2,1,3-9H3/t24-,26+,27-,28-,29+,30+,31-,32+/m1/s1. The lowest BCUT2D eigenvalue weighted by atomic mass is 9.95. The molecule has 0 saturated heterocycles. The quantitative estimate of drug-likeness (QED) is 0.0919. The maximum Gasteiger partial charge on any atom is 0.138 e. The maximum absolute atomic E-state index is 12.9. The van der Waals surface area contributed by atoms with Crippen LogP contribution in [0.2, 0.25) is 0 Å². The molecule has 0 heterocycles. The SMILES string of the molecule is C=CC[C@@H](C[C@@H](C[C@@H](C[C@H](O)CC(=O)C[C@@H](C[C@@H](C[C@@H](C[C@@H](CCCCC)OC)OC)OC)OC)OC)OC)OC. The number of unbranched alkanes of at least 4 members (excludes halogenated alkanes) is 2. The van der Waals surface area contributed by atoms with Crippen LogP contribution in [0.3, 0.4) is 0 Å². The van der Waals surface area contributed by atoms with Crippen LogP contribution >= 0.6 is 0 Å². The molecule has 0 rings (SSSR count). The smallest absolute Gasteiger partial charge is 0.138 e. The third-order valence-electron chi connectivity index (χ3n) is 7.98. The molecular weight excluding hydrogens is 528 g/mol. The van der Waals surface area contributed by atoms with Gasteiger partial charge in [0.1, 0.15) is 5.78 Å². The van der Waals surface area contributed by atoms with Crippen LogP contribution in [0.5, 0.6) is 0 Å². The Morgan fingerprint density at radius 1 is 0.610 bits per heavy atom. The summed E-state index contributed by atoms with van der Waals surface area (Å²) >= 11 is 0. The van der Waals surface area contributed by atoms with Gasteiger partial charge in [-0.15, -0.1) is 6.58 Å². The predicted octanol–water partition coefficient (Wildman–Crippen LogP) is 5.30. The summed E-state index contributed by atoms with van der Waals surface area (Å²) in [5.41, 5.74) is 0. The van der Waals surface area contributed by atoms with Crippen LogP contribution in [0, 0.1) is 0 Å². The number of methoxy groups -OCH3 is 7. The van der Waals surface area contributed by atoms with Crippen LogP contribution in [0.1, 0.15) is 90.4 Å². The molecule has 0 fully saturated rings. The van der Waals surface area contributed by atoms with E-state index in [0.717, 1.165) is 25.7 Å². The third-order valence-corrected chi connectivity index (χ3v) is 7.98. The van der Waals surface area contributed by atoms with E-state index in [2.05, 4.69) is 13.5 Å². The number of carbonyl (C=O) groups excluding carboxylic acids is 1. The molecule has 1 N–H and O–H groups in total. The Kier molecular flexibility index (Phi) is 25.0. The van der Waals surface area contributed by atoms with E-state index in [0.29, 0.717) is 32.1 Å². The fraction of sp³-hybridized carbons (Fsp3) is 0.906. The lowest BCUT2D eigenvalue weighted by molar-refractivity contribution is -0.124. The monoisotopic (exact) mass is 590 g/mol. The number of aliphatic hydroxyl groups excluding tert-OH is 1. The van der Waals surface area contributed by atoms with Crippen LogP contribution in [-0.2, 0) is 38.0 Å². The van der Waals surface area contributed by atoms with Gasteiger partial charge < -0.3 is 38.3 Å². The number of rotatable bonds is 29. The summed E-state index contributed by atoms with van der Waals surface area (Å²) in [7, 11) is 11.7. The summed E-state index contributed by atoms with van der Waals surface area (Å²) in [6.07, 6.45) is 9.54. The van der Waals surface area contributed by atoms with E-state index in [1.54, 1.807) is 49.8 Å². The van der Waals surface area contributed by atoms with Crippen molar-refractivity contribution in [1.82, 2.24) is 0 Å². The van der Waals surface area contributed by atoms with Crippen molar-refractivity contribution in [2.75, 3.05) is 49.8 Å². The second kappa shape index (κ2) is 25.6. The number of ketones is 1. The van der Waals surface area contributed by atoms with Gasteiger partial charge in [-0.05, 0) is 32.1 Å². The highest BCUT2D eigenvalue weighted by Gasteiger charge is 2.27. The average Bonchev–Trinajstić information content (AvgIpc) is 2.97. The van der Waals surface area contributed by atoms with Gasteiger partial charge in [0.2, 0.25) is 0 Å². The number of aliphatic hydroxyl groups is 1. The van der Waals surface area contributed by atoms with Gasteiger partial charge in [-0.2, -0.15) is 0 Å². The molecule has 244 valence electrons. The van der Waals surface area contributed by atoms with Gasteiger partial charge in [-0.1, -0.05) is 32.3 Å². The van der Waals surface area contributed by atoms with Crippen molar-refractivity contribution in [3.63, 3.8) is 0 Å². The van der Waals surface area contributed by atoms with E-state index in [1.165, 1.54) is 12.8 Å². The summed E-state index contributed by atoms with van der Waals surface area (Å²) in [5, 5.41) is 10.7. The molecule has 0 amide bonds. The zero-order valence-corrected chi connectivity index (χ0v) is 27.3. The second-order valence-electron chi connectivity index (χ2n) is 11.0. The van der Waals surface area contributed by atoms with E-state index in [9.17, 15) is 9.90 Å². The Morgan fingerprint density at radius 3 is 1.46 bits per heavy atom. The van der Waals surface area contributed by atoms with Gasteiger partial charge in [0.25, 0.3) is 0 Å². The summed E-state index contributed by atoms with van der Waals surface area (Å²) in [5.74, 6) is -0.0542. The molecule has 0 aliphatic heterocycles. The van der Waals surface area contributed by atoms with E-state index in [-0.39, 0.29) is 61.4 Å². The number of carbonyl (C=O) groups is 1. The van der Waals surface area contributed by atoms with Crippen LogP contribution in [0.4, 0.5) is 0 Å². The van der Waals surface area contributed by atoms with Gasteiger partial charge in [0, 0.05) is 81.9 Å². The topological polar surface area (TPSA) is 102 Å². The first kappa shape index (κ1) is 40.1. The van der Waals surface area contributed by atoms with E-state index < -0.39 is 6.10 Å². The van der Waals surface area contributed by atoms with Crippen LogP contribution in [0.25, 0.3) is 0 Å². The summed E-state index contributed by atoms with van der Waals surface area (Å²) in [6, 6.07) is 0. The Bertz CT molecular complexity index is 632. The molecule has 0 spiro atoms. The Morgan fingerprint density at radius 2 is 1.02 bits per heavy atom. The Hall–Kier alpha value is -0.910. The first-order valence-electron chi connectivity index (χ1n) is 15.2. The molecule has 0 aliphatic rings. The molecule has 0 radical (unpaired) electrons. The van der Waals surface area contributed by atoms with E-state index in [1.807, 2.05) is 6.08 Å². The minimum atomic E-state index is -0.816. The molecular formula is C32H62O9. The van der Waals surface area contributed by atoms with Crippen molar-refractivity contribution in [2.45, 2.75) is 139 Å². The molecule has 9 heteroatoms. The van der Waals surface area contributed by atoms with Gasteiger partial charge in [-0.3, -0.25) is 4.79 Å². The number of hydrogen-bond acceptors (Lipinski definition) is 9. The fourth-order valence-electron chi connectivity index (χ4n) is 5.30. The van der Waals surface area contributed by atoms with Crippen LogP contribution in [0.15, 0.2) is 12.7 Å². The first-order valence-corrected chi connectivity index (χ1v) is 15.2. The predicted molar refractivity (Wildman–Crippen MR) is 162 cm³/mol. The van der Waals surface area contributed by atoms with Gasteiger partial charge in [-0.25, -0.2) is 0 Å². The van der Waals surface area contributed by atoms with Crippen molar-refractivity contribution in [3.05, 3.63) is 12.7 Å². The molecule has 0 aromatic carbocycles. The molecule has 0 aliphatic carbocycles. The highest BCUT2D eigenvalue weighted by molar-refractivity contribution is 5.79. The molecule has 8 atom stereocenters. The number of ether oxygens (including phenoxy) is 7. The highest BCUT2D eigenvalue weighted by Crippen LogP contribution is 2.22. The van der Waals surface area contributed by atoms with Crippen molar-refractivity contribution in [3.8, 4) is 0 Å².